The van der Waals surface area contributed by atoms with Gasteiger partial charge in [0.1, 0.15) is 17.1 Å². The number of benzene rings is 2. The molecule has 0 radical (unpaired) electrons. The Morgan fingerprint density at radius 1 is 1.04 bits per heavy atom. The number of rotatable bonds is 6. The maximum absolute atomic E-state index is 5.81. The molecule has 0 saturated heterocycles. The lowest BCUT2D eigenvalue weighted by Gasteiger charge is -2.07. The average Bonchev–Trinajstić information content (AvgIpc) is 3.11. The van der Waals surface area contributed by atoms with Crippen LogP contribution in [0.1, 0.15) is 5.56 Å². The minimum absolute atomic E-state index is 0.617. The minimum atomic E-state index is 0.617. The molecule has 0 bridgehead atoms. The SMILES string of the molecule is Cc1cccc(OCCSc2ncnc3c2cnn3-c2ccccc2)c1. The predicted molar refractivity (Wildman–Crippen MR) is 104 cm³/mol. The van der Waals surface area contributed by atoms with Crippen LogP contribution >= 0.6 is 11.8 Å². The van der Waals surface area contributed by atoms with Gasteiger partial charge in [0, 0.05) is 5.75 Å². The van der Waals surface area contributed by atoms with Crippen LogP contribution in [-0.2, 0) is 0 Å². The quantitative estimate of drug-likeness (QED) is 0.291. The lowest BCUT2D eigenvalue weighted by atomic mass is 10.2. The third-order valence-corrected chi connectivity index (χ3v) is 4.88. The van der Waals surface area contributed by atoms with Gasteiger partial charge in [0.2, 0.25) is 0 Å². The summed E-state index contributed by atoms with van der Waals surface area (Å²) in [5.74, 6) is 1.70. The van der Waals surface area contributed by atoms with Crippen LogP contribution in [0.4, 0.5) is 0 Å². The van der Waals surface area contributed by atoms with E-state index >= 15 is 0 Å². The Balaban J connectivity index is 1.46. The van der Waals surface area contributed by atoms with Gasteiger partial charge in [0.15, 0.2) is 5.65 Å². The van der Waals surface area contributed by atoms with Crippen LogP contribution in [0.15, 0.2) is 72.1 Å². The molecule has 0 spiro atoms. The van der Waals surface area contributed by atoms with Crippen molar-refractivity contribution in [3.8, 4) is 11.4 Å². The lowest BCUT2D eigenvalue weighted by molar-refractivity contribution is 0.343. The Kier molecular flexibility index (Phi) is 4.84. The number of ether oxygens (including phenoxy) is 1. The highest BCUT2D eigenvalue weighted by Gasteiger charge is 2.11. The topological polar surface area (TPSA) is 52.8 Å². The van der Waals surface area contributed by atoms with Gasteiger partial charge in [-0.15, -0.1) is 11.8 Å². The van der Waals surface area contributed by atoms with Crippen molar-refractivity contribution in [3.05, 3.63) is 72.7 Å². The van der Waals surface area contributed by atoms with E-state index in [9.17, 15) is 0 Å². The Morgan fingerprint density at radius 3 is 2.77 bits per heavy atom. The first-order chi connectivity index (χ1) is 12.8. The summed E-state index contributed by atoms with van der Waals surface area (Å²) >= 11 is 1.65. The van der Waals surface area contributed by atoms with Crippen molar-refractivity contribution in [2.75, 3.05) is 12.4 Å². The smallest absolute Gasteiger partial charge is 0.167 e. The molecule has 4 aromatic rings. The van der Waals surface area contributed by atoms with Crippen LogP contribution in [0.2, 0.25) is 0 Å². The van der Waals surface area contributed by atoms with Gasteiger partial charge in [-0.05, 0) is 36.8 Å². The van der Waals surface area contributed by atoms with Gasteiger partial charge in [-0.25, -0.2) is 14.6 Å². The molecule has 6 heteroatoms. The van der Waals surface area contributed by atoms with Crippen molar-refractivity contribution in [2.45, 2.75) is 11.9 Å². The minimum Gasteiger partial charge on any atom is -0.493 e. The molecule has 0 N–H and O–H groups in total. The summed E-state index contributed by atoms with van der Waals surface area (Å²) in [5, 5.41) is 6.36. The third kappa shape index (κ3) is 3.55. The zero-order chi connectivity index (χ0) is 17.8. The first kappa shape index (κ1) is 16.6. The third-order valence-electron chi connectivity index (χ3n) is 3.91. The van der Waals surface area contributed by atoms with E-state index in [0.717, 1.165) is 33.2 Å². The van der Waals surface area contributed by atoms with E-state index < -0.39 is 0 Å². The van der Waals surface area contributed by atoms with Gasteiger partial charge < -0.3 is 4.74 Å². The number of aryl methyl sites for hydroxylation is 1. The van der Waals surface area contributed by atoms with Crippen LogP contribution in [0.5, 0.6) is 5.75 Å². The molecule has 0 aliphatic heterocycles. The molecule has 0 atom stereocenters. The lowest BCUT2D eigenvalue weighted by Crippen LogP contribution is -2.01. The first-order valence-corrected chi connectivity index (χ1v) is 9.36. The zero-order valence-electron chi connectivity index (χ0n) is 14.4. The van der Waals surface area contributed by atoms with Crippen LogP contribution in [0, 0.1) is 6.92 Å². The summed E-state index contributed by atoms with van der Waals surface area (Å²) in [6, 6.07) is 18.1. The van der Waals surface area contributed by atoms with Crippen LogP contribution in [0.25, 0.3) is 16.7 Å². The van der Waals surface area contributed by atoms with Crippen molar-refractivity contribution >= 4 is 22.8 Å². The van der Waals surface area contributed by atoms with Crippen molar-refractivity contribution < 1.29 is 4.74 Å². The number of aromatic nitrogens is 4. The fraction of sp³-hybridized carbons (Fsp3) is 0.150. The molecule has 130 valence electrons. The summed E-state index contributed by atoms with van der Waals surface area (Å²) in [7, 11) is 0. The van der Waals surface area contributed by atoms with Gasteiger partial charge in [-0.3, -0.25) is 0 Å². The molecule has 0 amide bonds. The molecular weight excluding hydrogens is 344 g/mol. The second kappa shape index (κ2) is 7.58. The van der Waals surface area contributed by atoms with E-state index in [-0.39, 0.29) is 0 Å². The zero-order valence-corrected chi connectivity index (χ0v) is 15.2. The molecule has 2 aromatic carbocycles. The summed E-state index contributed by atoms with van der Waals surface area (Å²) < 4.78 is 7.65. The van der Waals surface area contributed by atoms with E-state index in [0.29, 0.717) is 6.61 Å². The predicted octanol–water partition coefficient (Wildman–Crippen LogP) is 4.30. The van der Waals surface area contributed by atoms with E-state index in [4.69, 9.17) is 4.74 Å². The standard InChI is InChI=1S/C20H18N4OS/c1-15-6-5-9-17(12-15)25-10-11-26-20-18-13-23-24(19(18)21-14-22-20)16-7-3-2-4-8-16/h2-9,12-14H,10-11H2,1H3. The number of fused-ring (bicyclic) bond motifs is 1. The Bertz CT molecular complexity index is 1020. The summed E-state index contributed by atoms with van der Waals surface area (Å²) in [4.78, 5) is 8.82. The molecule has 0 saturated carbocycles. The molecule has 2 aromatic heterocycles. The van der Waals surface area contributed by atoms with Gasteiger partial charge in [-0.2, -0.15) is 5.10 Å². The average molecular weight is 362 g/mol. The Labute approximate surface area is 156 Å². The molecule has 0 fully saturated rings. The second-order valence-corrected chi connectivity index (χ2v) is 6.91. The number of thioether (sulfide) groups is 1. The van der Waals surface area contributed by atoms with Crippen molar-refractivity contribution in [1.29, 1.82) is 0 Å². The van der Waals surface area contributed by atoms with Gasteiger partial charge in [0.05, 0.1) is 23.9 Å². The molecule has 26 heavy (non-hydrogen) atoms. The molecule has 2 heterocycles. The number of para-hydroxylation sites is 1. The number of hydrogen-bond acceptors (Lipinski definition) is 5. The van der Waals surface area contributed by atoms with E-state index in [1.165, 1.54) is 5.56 Å². The van der Waals surface area contributed by atoms with Gasteiger partial charge in [0.25, 0.3) is 0 Å². The van der Waals surface area contributed by atoms with Gasteiger partial charge in [-0.1, -0.05) is 30.3 Å². The molecule has 0 unspecified atom stereocenters. The second-order valence-electron chi connectivity index (χ2n) is 5.82. The monoisotopic (exact) mass is 362 g/mol. The largest absolute Gasteiger partial charge is 0.493 e. The molecule has 0 aliphatic carbocycles. The molecule has 0 aliphatic rings. The molecular formula is C20H18N4OS. The number of hydrogen-bond donors (Lipinski definition) is 0. The Morgan fingerprint density at radius 2 is 1.92 bits per heavy atom. The van der Waals surface area contributed by atoms with Crippen LogP contribution in [0.3, 0.4) is 0 Å². The maximum atomic E-state index is 5.81. The van der Waals surface area contributed by atoms with Gasteiger partial charge >= 0.3 is 0 Å². The molecule has 4 rings (SSSR count). The molecule has 5 nitrogen and oxygen atoms in total. The summed E-state index contributed by atoms with van der Waals surface area (Å²) in [6.45, 7) is 2.68. The van der Waals surface area contributed by atoms with Crippen LogP contribution < -0.4 is 4.74 Å². The van der Waals surface area contributed by atoms with E-state index in [1.54, 1.807) is 18.1 Å². The normalized spacial score (nSPS) is 11.0. The van der Waals surface area contributed by atoms with E-state index in [1.807, 2.05) is 59.4 Å². The van der Waals surface area contributed by atoms with Crippen LogP contribution in [-0.4, -0.2) is 32.1 Å². The number of nitrogens with zero attached hydrogens (tertiary/aromatic N) is 4. The highest BCUT2D eigenvalue weighted by molar-refractivity contribution is 7.99. The van der Waals surface area contributed by atoms with Crippen molar-refractivity contribution in [2.24, 2.45) is 0 Å². The fourth-order valence-corrected chi connectivity index (χ4v) is 3.48. The van der Waals surface area contributed by atoms with Crippen molar-refractivity contribution in [3.63, 3.8) is 0 Å². The fourth-order valence-electron chi connectivity index (χ4n) is 2.70. The maximum Gasteiger partial charge on any atom is 0.167 e. The van der Waals surface area contributed by atoms with Crippen molar-refractivity contribution in [1.82, 2.24) is 19.7 Å². The first-order valence-electron chi connectivity index (χ1n) is 8.38. The summed E-state index contributed by atoms with van der Waals surface area (Å²) in [5.41, 5.74) is 2.99. The highest BCUT2D eigenvalue weighted by atomic mass is 32.2. The summed E-state index contributed by atoms with van der Waals surface area (Å²) in [6.07, 6.45) is 3.42. The highest BCUT2D eigenvalue weighted by Crippen LogP contribution is 2.25. The van der Waals surface area contributed by atoms with E-state index in [2.05, 4.69) is 28.1 Å². The Hall–Kier alpha value is -2.86.